The first-order chi connectivity index (χ1) is 13.4. The van der Waals surface area contributed by atoms with Crippen LogP contribution in [-0.4, -0.2) is 39.0 Å². The Morgan fingerprint density at radius 3 is 2.43 bits per heavy atom. The van der Waals surface area contributed by atoms with Gasteiger partial charge in [0.25, 0.3) is 5.91 Å². The van der Waals surface area contributed by atoms with Gasteiger partial charge in [0.05, 0.1) is 5.69 Å². The second-order valence-electron chi connectivity index (χ2n) is 6.30. The lowest BCUT2D eigenvalue weighted by atomic mass is 10.2. The molecule has 1 amide bonds. The first-order valence-corrected chi connectivity index (χ1v) is 8.71. The van der Waals surface area contributed by atoms with Crippen LogP contribution in [0.15, 0.2) is 30.3 Å². The second kappa shape index (κ2) is 8.12. The van der Waals surface area contributed by atoms with E-state index in [9.17, 15) is 13.6 Å². The van der Waals surface area contributed by atoms with E-state index < -0.39 is 17.5 Å². The van der Waals surface area contributed by atoms with E-state index in [1.165, 1.54) is 6.07 Å². The summed E-state index contributed by atoms with van der Waals surface area (Å²) in [5.41, 5.74) is 3.12. The smallest absolute Gasteiger partial charge is 0.251 e. The maximum absolute atomic E-state index is 13.2. The van der Waals surface area contributed by atoms with Gasteiger partial charge in [-0.25, -0.2) is 13.5 Å². The molecule has 28 heavy (non-hydrogen) atoms. The molecule has 1 aromatic carbocycles. The minimum atomic E-state index is -1.06. The van der Waals surface area contributed by atoms with Crippen molar-refractivity contribution in [3.63, 3.8) is 0 Å². The van der Waals surface area contributed by atoms with Crippen molar-refractivity contribution >= 4 is 11.7 Å². The zero-order valence-electron chi connectivity index (χ0n) is 15.8. The molecule has 0 aliphatic heterocycles. The van der Waals surface area contributed by atoms with Gasteiger partial charge >= 0.3 is 0 Å². The highest BCUT2D eigenvalue weighted by molar-refractivity contribution is 5.94. The lowest BCUT2D eigenvalue weighted by Crippen LogP contribution is -2.29. The molecule has 0 fully saturated rings. The van der Waals surface area contributed by atoms with Crippen molar-refractivity contribution < 1.29 is 13.6 Å². The molecule has 2 heterocycles. The standard InChI is InChI=1S/C19H20F2N6O/c1-11-12(2)26-27(13(11)3)18-7-6-17(24-25-18)22-8-9-23-19(28)14-4-5-15(20)16(21)10-14/h4-7,10H,8-9H2,1-3H3,(H,22,24)(H,23,28). The van der Waals surface area contributed by atoms with Crippen LogP contribution in [0, 0.1) is 32.4 Å². The Hall–Kier alpha value is -3.36. The van der Waals surface area contributed by atoms with E-state index >= 15 is 0 Å². The predicted molar refractivity (Wildman–Crippen MR) is 101 cm³/mol. The Balaban J connectivity index is 1.52. The van der Waals surface area contributed by atoms with Crippen LogP contribution in [0.25, 0.3) is 5.82 Å². The number of carbonyl (C=O) groups is 1. The summed E-state index contributed by atoms with van der Waals surface area (Å²) >= 11 is 0. The molecule has 0 spiro atoms. The molecule has 0 bridgehead atoms. The van der Waals surface area contributed by atoms with Crippen LogP contribution >= 0.6 is 0 Å². The zero-order chi connectivity index (χ0) is 20.3. The molecule has 9 heteroatoms. The van der Waals surface area contributed by atoms with Gasteiger partial charge in [-0.05, 0) is 56.7 Å². The third kappa shape index (κ3) is 4.13. The quantitative estimate of drug-likeness (QED) is 0.637. The average Bonchev–Trinajstić information content (AvgIpc) is 2.95. The molecule has 0 radical (unpaired) electrons. The SMILES string of the molecule is Cc1nn(-c2ccc(NCCNC(=O)c3ccc(F)c(F)c3)nn2)c(C)c1C. The third-order valence-corrected chi connectivity index (χ3v) is 4.42. The number of nitrogens with one attached hydrogen (secondary N) is 2. The van der Waals surface area contributed by atoms with Crippen molar-refractivity contribution in [2.45, 2.75) is 20.8 Å². The number of carbonyl (C=O) groups excluding carboxylic acids is 1. The molecule has 3 aromatic rings. The molecule has 0 atom stereocenters. The molecular weight excluding hydrogens is 366 g/mol. The number of anilines is 1. The molecule has 0 unspecified atom stereocenters. The van der Waals surface area contributed by atoms with Crippen LogP contribution in [0.3, 0.4) is 0 Å². The van der Waals surface area contributed by atoms with Gasteiger partial charge in [-0.15, -0.1) is 10.2 Å². The van der Waals surface area contributed by atoms with Crippen LogP contribution in [0.1, 0.15) is 27.3 Å². The number of aromatic nitrogens is 4. The van der Waals surface area contributed by atoms with Gasteiger partial charge < -0.3 is 10.6 Å². The third-order valence-electron chi connectivity index (χ3n) is 4.42. The van der Waals surface area contributed by atoms with Gasteiger partial charge in [0.1, 0.15) is 5.82 Å². The normalized spacial score (nSPS) is 10.8. The van der Waals surface area contributed by atoms with E-state index in [1.54, 1.807) is 16.8 Å². The Morgan fingerprint density at radius 2 is 1.82 bits per heavy atom. The van der Waals surface area contributed by atoms with Crippen molar-refractivity contribution in [1.29, 1.82) is 0 Å². The summed E-state index contributed by atoms with van der Waals surface area (Å²) in [6, 6.07) is 6.58. The first kappa shape index (κ1) is 19.4. The van der Waals surface area contributed by atoms with E-state index in [2.05, 4.69) is 25.9 Å². The summed E-state index contributed by atoms with van der Waals surface area (Å²) in [4.78, 5) is 11.9. The summed E-state index contributed by atoms with van der Waals surface area (Å²) in [6.45, 7) is 6.59. The number of hydrogen-bond donors (Lipinski definition) is 2. The van der Waals surface area contributed by atoms with Gasteiger partial charge in [-0.3, -0.25) is 4.79 Å². The van der Waals surface area contributed by atoms with Crippen LogP contribution in [0.5, 0.6) is 0 Å². The minimum absolute atomic E-state index is 0.0585. The Morgan fingerprint density at radius 1 is 1.04 bits per heavy atom. The predicted octanol–water partition coefficient (Wildman–Crippen LogP) is 2.71. The highest BCUT2D eigenvalue weighted by atomic mass is 19.2. The summed E-state index contributed by atoms with van der Waals surface area (Å²) in [7, 11) is 0. The van der Waals surface area contributed by atoms with E-state index in [1.807, 2.05) is 20.8 Å². The number of benzene rings is 1. The van der Waals surface area contributed by atoms with Crippen molar-refractivity contribution in [2.24, 2.45) is 0 Å². The van der Waals surface area contributed by atoms with Crippen LogP contribution in [-0.2, 0) is 0 Å². The van der Waals surface area contributed by atoms with E-state index in [4.69, 9.17) is 0 Å². The number of hydrogen-bond acceptors (Lipinski definition) is 5. The van der Waals surface area contributed by atoms with Crippen molar-refractivity contribution in [2.75, 3.05) is 18.4 Å². The van der Waals surface area contributed by atoms with E-state index in [0.29, 0.717) is 18.2 Å². The largest absolute Gasteiger partial charge is 0.367 e. The number of nitrogens with zero attached hydrogens (tertiary/aromatic N) is 4. The summed E-state index contributed by atoms with van der Waals surface area (Å²) < 4.78 is 27.8. The maximum Gasteiger partial charge on any atom is 0.251 e. The summed E-state index contributed by atoms with van der Waals surface area (Å²) in [5.74, 6) is -1.37. The fourth-order valence-electron chi connectivity index (χ4n) is 2.58. The van der Waals surface area contributed by atoms with Crippen LogP contribution in [0.4, 0.5) is 14.6 Å². The number of rotatable bonds is 6. The fourth-order valence-corrected chi connectivity index (χ4v) is 2.58. The second-order valence-corrected chi connectivity index (χ2v) is 6.30. The molecule has 2 N–H and O–H groups in total. The molecule has 7 nitrogen and oxygen atoms in total. The number of aryl methyl sites for hydroxylation is 1. The number of amides is 1. The van der Waals surface area contributed by atoms with Gasteiger partial charge in [-0.2, -0.15) is 5.10 Å². The highest BCUT2D eigenvalue weighted by Gasteiger charge is 2.11. The summed E-state index contributed by atoms with van der Waals surface area (Å²) in [5, 5.41) is 18.4. The molecule has 2 aromatic heterocycles. The Kier molecular flexibility index (Phi) is 5.62. The lowest BCUT2D eigenvalue weighted by Gasteiger charge is -2.08. The fraction of sp³-hybridized carbons (Fsp3) is 0.263. The highest BCUT2D eigenvalue weighted by Crippen LogP contribution is 2.15. The molecule has 0 aliphatic carbocycles. The minimum Gasteiger partial charge on any atom is -0.367 e. The molecule has 0 saturated carbocycles. The van der Waals surface area contributed by atoms with Crippen molar-refractivity contribution in [1.82, 2.24) is 25.3 Å². The molecule has 3 rings (SSSR count). The van der Waals surface area contributed by atoms with Crippen LogP contribution in [0.2, 0.25) is 0 Å². The van der Waals surface area contributed by atoms with Gasteiger partial charge in [0, 0.05) is 24.3 Å². The Bertz CT molecular complexity index is 1000. The van der Waals surface area contributed by atoms with Gasteiger partial charge in [0.2, 0.25) is 0 Å². The monoisotopic (exact) mass is 386 g/mol. The molecular formula is C19H20F2N6O. The van der Waals surface area contributed by atoms with Gasteiger partial charge in [0.15, 0.2) is 17.5 Å². The van der Waals surface area contributed by atoms with Crippen LogP contribution < -0.4 is 10.6 Å². The zero-order valence-corrected chi connectivity index (χ0v) is 15.8. The van der Waals surface area contributed by atoms with Crippen molar-refractivity contribution in [3.8, 4) is 5.82 Å². The maximum atomic E-state index is 13.2. The average molecular weight is 386 g/mol. The van der Waals surface area contributed by atoms with E-state index in [0.717, 1.165) is 29.1 Å². The number of halogens is 2. The van der Waals surface area contributed by atoms with Gasteiger partial charge in [-0.1, -0.05) is 0 Å². The van der Waals surface area contributed by atoms with E-state index in [-0.39, 0.29) is 12.1 Å². The molecule has 146 valence electrons. The lowest BCUT2D eigenvalue weighted by molar-refractivity contribution is 0.0954. The first-order valence-electron chi connectivity index (χ1n) is 8.71. The van der Waals surface area contributed by atoms with Crippen molar-refractivity contribution in [3.05, 3.63) is 64.5 Å². The summed E-state index contributed by atoms with van der Waals surface area (Å²) in [6.07, 6.45) is 0. The molecule has 0 saturated heterocycles. The topological polar surface area (TPSA) is 84.7 Å². The Labute approximate surface area is 160 Å². The molecule has 0 aliphatic rings.